The molecule has 0 bridgehead atoms. The van der Waals surface area contributed by atoms with Crippen molar-refractivity contribution in [2.75, 3.05) is 13.1 Å². The van der Waals surface area contributed by atoms with E-state index in [0.717, 1.165) is 25.1 Å². The summed E-state index contributed by atoms with van der Waals surface area (Å²) in [4.78, 5) is 14.3. The Morgan fingerprint density at radius 2 is 2.05 bits per heavy atom. The number of phenolic OH excluding ortho intramolecular Hbond substituents is 1. The van der Waals surface area contributed by atoms with Crippen LogP contribution >= 0.6 is 0 Å². The van der Waals surface area contributed by atoms with Gasteiger partial charge in [0.2, 0.25) is 5.91 Å². The molecule has 0 saturated heterocycles. The molecule has 1 atom stereocenters. The van der Waals surface area contributed by atoms with E-state index in [9.17, 15) is 9.90 Å². The van der Waals surface area contributed by atoms with Crippen molar-refractivity contribution in [2.24, 2.45) is 11.7 Å². The maximum Gasteiger partial charge on any atom is 0.239 e. The zero-order chi connectivity index (χ0) is 14.5. The minimum absolute atomic E-state index is 0.0480. The van der Waals surface area contributed by atoms with Crippen LogP contribution in [0.3, 0.4) is 0 Å². The molecule has 4 heteroatoms. The van der Waals surface area contributed by atoms with Gasteiger partial charge in [0.25, 0.3) is 0 Å². The summed E-state index contributed by atoms with van der Waals surface area (Å²) >= 11 is 0. The largest absolute Gasteiger partial charge is 0.508 e. The van der Waals surface area contributed by atoms with Gasteiger partial charge in [0.1, 0.15) is 5.75 Å². The fourth-order valence-electron chi connectivity index (χ4n) is 2.38. The van der Waals surface area contributed by atoms with Crippen LogP contribution in [0.25, 0.3) is 0 Å². The standard InChI is InChI=1S/C16H24N2O2/c1-2-9-18(11-13-3-4-13)16(20)15(17)10-12-5-7-14(19)8-6-12/h5-8,13,15,19H,2-4,9-11,17H2,1H3/t15-/m1/s1. The number of carbonyl (C=O) groups is 1. The monoisotopic (exact) mass is 276 g/mol. The first-order valence-electron chi connectivity index (χ1n) is 7.42. The second-order valence-electron chi connectivity index (χ2n) is 5.70. The Morgan fingerprint density at radius 3 is 2.60 bits per heavy atom. The van der Waals surface area contributed by atoms with E-state index in [0.29, 0.717) is 12.3 Å². The number of carbonyl (C=O) groups excluding carboxylic acids is 1. The highest BCUT2D eigenvalue weighted by Crippen LogP contribution is 2.30. The minimum Gasteiger partial charge on any atom is -0.508 e. The summed E-state index contributed by atoms with van der Waals surface area (Å²) < 4.78 is 0. The number of amides is 1. The van der Waals surface area contributed by atoms with E-state index in [1.54, 1.807) is 12.1 Å². The molecule has 20 heavy (non-hydrogen) atoms. The van der Waals surface area contributed by atoms with Crippen LogP contribution in [-0.4, -0.2) is 35.0 Å². The zero-order valence-electron chi connectivity index (χ0n) is 12.1. The Hall–Kier alpha value is -1.55. The van der Waals surface area contributed by atoms with Crippen molar-refractivity contribution in [3.8, 4) is 5.75 Å². The molecule has 0 radical (unpaired) electrons. The molecule has 2 rings (SSSR count). The van der Waals surface area contributed by atoms with Gasteiger partial charge in [0.15, 0.2) is 0 Å². The summed E-state index contributed by atoms with van der Waals surface area (Å²) in [5, 5.41) is 9.26. The quantitative estimate of drug-likeness (QED) is 0.799. The van der Waals surface area contributed by atoms with Crippen LogP contribution < -0.4 is 5.73 Å². The smallest absolute Gasteiger partial charge is 0.239 e. The number of aromatic hydroxyl groups is 1. The molecular weight excluding hydrogens is 252 g/mol. The predicted molar refractivity (Wildman–Crippen MR) is 79.4 cm³/mol. The fourth-order valence-corrected chi connectivity index (χ4v) is 2.38. The lowest BCUT2D eigenvalue weighted by Gasteiger charge is -2.25. The second-order valence-corrected chi connectivity index (χ2v) is 5.70. The van der Waals surface area contributed by atoms with Crippen LogP contribution in [0.1, 0.15) is 31.7 Å². The third-order valence-electron chi connectivity index (χ3n) is 3.69. The molecule has 0 spiro atoms. The highest BCUT2D eigenvalue weighted by Gasteiger charge is 2.28. The van der Waals surface area contributed by atoms with Crippen LogP contribution in [-0.2, 0) is 11.2 Å². The molecule has 4 nitrogen and oxygen atoms in total. The van der Waals surface area contributed by atoms with Crippen molar-refractivity contribution in [1.29, 1.82) is 0 Å². The molecule has 1 aromatic rings. The summed E-state index contributed by atoms with van der Waals surface area (Å²) in [6.07, 6.45) is 3.95. The minimum atomic E-state index is -0.496. The van der Waals surface area contributed by atoms with E-state index in [1.165, 1.54) is 12.8 Å². The van der Waals surface area contributed by atoms with Gasteiger partial charge in [-0.2, -0.15) is 0 Å². The Kier molecular flexibility index (Phi) is 5.01. The van der Waals surface area contributed by atoms with Gasteiger partial charge in [-0.05, 0) is 49.3 Å². The highest BCUT2D eigenvalue weighted by molar-refractivity contribution is 5.82. The molecule has 3 N–H and O–H groups in total. The van der Waals surface area contributed by atoms with Crippen molar-refractivity contribution in [1.82, 2.24) is 4.90 Å². The normalized spacial score (nSPS) is 15.9. The van der Waals surface area contributed by atoms with E-state index >= 15 is 0 Å². The maximum atomic E-state index is 12.4. The van der Waals surface area contributed by atoms with E-state index in [4.69, 9.17) is 5.73 Å². The van der Waals surface area contributed by atoms with Crippen molar-refractivity contribution in [3.63, 3.8) is 0 Å². The van der Waals surface area contributed by atoms with Crippen molar-refractivity contribution < 1.29 is 9.90 Å². The Morgan fingerprint density at radius 1 is 1.40 bits per heavy atom. The number of benzene rings is 1. The van der Waals surface area contributed by atoms with Gasteiger partial charge in [0.05, 0.1) is 6.04 Å². The maximum absolute atomic E-state index is 12.4. The first-order chi connectivity index (χ1) is 9.60. The number of nitrogens with zero attached hydrogens (tertiary/aromatic N) is 1. The molecular formula is C16H24N2O2. The summed E-state index contributed by atoms with van der Waals surface area (Å²) in [6, 6.07) is 6.38. The molecule has 0 aromatic heterocycles. The summed E-state index contributed by atoms with van der Waals surface area (Å²) in [5.74, 6) is 0.966. The van der Waals surface area contributed by atoms with E-state index in [2.05, 4.69) is 6.92 Å². The molecule has 1 aromatic carbocycles. The summed E-state index contributed by atoms with van der Waals surface area (Å²) in [5.41, 5.74) is 7.04. The molecule has 1 aliphatic carbocycles. The lowest BCUT2D eigenvalue weighted by Crippen LogP contribution is -2.46. The van der Waals surface area contributed by atoms with Crippen LogP contribution in [0.2, 0.25) is 0 Å². The summed E-state index contributed by atoms with van der Waals surface area (Å²) in [7, 11) is 0. The average molecular weight is 276 g/mol. The van der Waals surface area contributed by atoms with Gasteiger partial charge in [-0.3, -0.25) is 4.79 Å². The number of nitrogens with two attached hydrogens (primary N) is 1. The van der Waals surface area contributed by atoms with E-state index in [-0.39, 0.29) is 11.7 Å². The van der Waals surface area contributed by atoms with Crippen molar-refractivity contribution in [3.05, 3.63) is 29.8 Å². The Balaban J connectivity index is 1.92. The first-order valence-corrected chi connectivity index (χ1v) is 7.42. The van der Waals surface area contributed by atoms with Gasteiger partial charge < -0.3 is 15.7 Å². The Bertz CT molecular complexity index is 440. The molecule has 0 aliphatic heterocycles. The topological polar surface area (TPSA) is 66.6 Å². The SMILES string of the molecule is CCCN(CC1CC1)C(=O)[C@H](N)Cc1ccc(O)cc1. The van der Waals surface area contributed by atoms with Gasteiger partial charge in [0, 0.05) is 13.1 Å². The van der Waals surface area contributed by atoms with Crippen molar-refractivity contribution in [2.45, 2.75) is 38.6 Å². The van der Waals surface area contributed by atoms with Crippen LogP contribution in [0.5, 0.6) is 5.75 Å². The van der Waals surface area contributed by atoms with Crippen LogP contribution in [0, 0.1) is 5.92 Å². The fraction of sp³-hybridized carbons (Fsp3) is 0.562. The molecule has 1 fully saturated rings. The number of rotatable bonds is 7. The van der Waals surface area contributed by atoms with Gasteiger partial charge >= 0.3 is 0 Å². The lowest BCUT2D eigenvalue weighted by atomic mass is 10.1. The number of phenols is 1. The number of hydrogen-bond acceptors (Lipinski definition) is 3. The van der Waals surface area contributed by atoms with Gasteiger partial charge in [-0.15, -0.1) is 0 Å². The lowest BCUT2D eigenvalue weighted by molar-refractivity contribution is -0.132. The average Bonchev–Trinajstić information content (AvgIpc) is 3.24. The molecule has 110 valence electrons. The summed E-state index contributed by atoms with van der Waals surface area (Å²) in [6.45, 7) is 3.73. The highest BCUT2D eigenvalue weighted by atomic mass is 16.3. The van der Waals surface area contributed by atoms with Crippen LogP contribution in [0.15, 0.2) is 24.3 Å². The zero-order valence-corrected chi connectivity index (χ0v) is 12.1. The van der Waals surface area contributed by atoms with Gasteiger partial charge in [-0.1, -0.05) is 19.1 Å². The molecule has 0 heterocycles. The molecule has 1 aliphatic rings. The van der Waals surface area contributed by atoms with E-state index in [1.807, 2.05) is 17.0 Å². The van der Waals surface area contributed by atoms with Gasteiger partial charge in [-0.25, -0.2) is 0 Å². The number of hydrogen-bond donors (Lipinski definition) is 2. The van der Waals surface area contributed by atoms with Crippen LogP contribution in [0.4, 0.5) is 0 Å². The molecule has 1 amide bonds. The third-order valence-corrected chi connectivity index (χ3v) is 3.69. The first kappa shape index (κ1) is 14.9. The Labute approximate surface area is 120 Å². The molecule has 0 unspecified atom stereocenters. The second kappa shape index (κ2) is 6.75. The molecule has 1 saturated carbocycles. The van der Waals surface area contributed by atoms with Crippen molar-refractivity contribution >= 4 is 5.91 Å². The van der Waals surface area contributed by atoms with E-state index < -0.39 is 6.04 Å². The third kappa shape index (κ3) is 4.23. The predicted octanol–water partition coefficient (Wildman–Crippen LogP) is 1.91.